The molecular formula is C10H22N2O3. The number of aliphatic hydroxyl groups is 1. The van der Waals surface area contributed by atoms with E-state index >= 15 is 0 Å². The second kappa shape index (κ2) is 9.73. The Morgan fingerprint density at radius 2 is 2.00 bits per heavy atom. The molecule has 0 unspecified atom stereocenters. The first-order valence-corrected chi connectivity index (χ1v) is 5.47. The number of amides is 2. The third-order valence-electron chi connectivity index (χ3n) is 2.03. The standard InChI is InChI=1S/C10H22N2O3/c1-3-12(4-2)10(14)11-6-5-8-15-9-7-13/h13H,3-9H2,1-2H3,(H,11,14). The Kier molecular flexibility index (Phi) is 9.21. The monoisotopic (exact) mass is 218 g/mol. The fraction of sp³-hybridized carbons (Fsp3) is 0.900. The second-order valence-electron chi connectivity index (χ2n) is 3.09. The van der Waals surface area contributed by atoms with Crippen molar-refractivity contribution in [2.75, 3.05) is 39.5 Å². The van der Waals surface area contributed by atoms with Crippen molar-refractivity contribution in [3.63, 3.8) is 0 Å². The number of nitrogens with zero attached hydrogens (tertiary/aromatic N) is 1. The van der Waals surface area contributed by atoms with Crippen LogP contribution in [0.2, 0.25) is 0 Å². The van der Waals surface area contributed by atoms with Gasteiger partial charge in [0, 0.05) is 26.2 Å². The molecule has 5 heteroatoms. The van der Waals surface area contributed by atoms with Crippen LogP contribution in [-0.2, 0) is 4.74 Å². The SMILES string of the molecule is CCN(CC)C(=O)NCCCOCCO. The molecule has 0 heterocycles. The fourth-order valence-corrected chi connectivity index (χ4v) is 1.16. The van der Waals surface area contributed by atoms with Gasteiger partial charge < -0.3 is 20.1 Å². The molecule has 0 aromatic carbocycles. The van der Waals surface area contributed by atoms with Gasteiger partial charge in [-0.05, 0) is 20.3 Å². The number of rotatable bonds is 8. The average molecular weight is 218 g/mol. The molecule has 0 radical (unpaired) electrons. The topological polar surface area (TPSA) is 61.8 Å². The summed E-state index contributed by atoms with van der Waals surface area (Å²) in [5, 5.41) is 11.3. The number of hydrogen-bond donors (Lipinski definition) is 2. The minimum Gasteiger partial charge on any atom is -0.394 e. The van der Waals surface area contributed by atoms with Gasteiger partial charge in [-0.3, -0.25) is 0 Å². The maximum Gasteiger partial charge on any atom is 0.317 e. The largest absolute Gasteiger partial charge is 0.394 e. The first-order valence-electron chi connectivity index (χ1n) is 5.47. The molecule has 15 heavy (non-hydrogen) atoms. The van der Waals surface area contributed by atoms with Crippen LogP contribution < -0.4 is 5.32 Å². The van der Waals surface area contributed by atoms with Crippen molar-refractivity contribution in [3.05, 3.63) is 0 Å². The van der Waals surface area contributed by atoms with Crippen molar-refractivity contribution >= 4 is 6.03 Å². The molecule has 0 spiro atoms. The molecule has 0 atom stereocenters. The molecular weight excluding hydrogens is 196 g/mol. The van der Waals surface area contributed by atoms with Gasteiger partial charge in [-0.2, -0.15) is 0 Å². The Morgan fingerprint density at radius 3 is 2.53 bits per heavy atom. The lowest BCUT2D eigenvalue weighted by Gasteiger charge is -2.19. The highest BCUT2D eigenvalue weighted by Crippen LogP contribution is 1.88. The molecule has 2 amide bonds. The minimum absolute atomic E-state index is 0.0258. The minimum atomic E-state index is -0.0258. The van der Waals surface area contributed by atoms with Gasteiger partial charge in [-0.25, -0.2) is 4.79 Å². The van der Waals surface area contributed by atoms with Crippen LogP contribution in [0.1, 0.15) is 20.3 Å². The van der Waals surface area contributed by atoms with E-state index in [4.69, 9.17) is 9.84 Å². The third kappa shape index (κ3) is 7.16. The number of ether oxygens (including phenoxy) is 1. The summed E-state index contributed by atoms with van der Waals surface area (Å²) in [6.07, 6.45) is 0.771. The molecule has 0 aliphatic rings. The smallest absolute Gasteiger partial charge is 0.317 e. The molecule has 0 aliphatic carbocycles. The van der Waals surface area contributed by atoms with Gasteiger partial charge in [0.1, 0.15) is 0 Å². The van der Waals surface area contributed by atoms with Crippen LogP contribution in [0.5, 0.6) is 0 Å². The van der Waals surface area contributed by atoms with Crippen molar-refractivity contribution in [2.45, 2.75) is 20.3 Å². The molecule has 0 saturated carbocycles. The number of carbonyl (C=O) groups excluding carboxylic acids is 1. The van der Waals surface area contributed by atoms with E-state index in [9.17, 15) is 4.79 Å². The molecule has 2 N–H and O–H groups in total. The summed E-state index contributed by atoms with van der Waals surface area (Å²) in [5.41, 5.74) is 0. The van der Waals surface area contributed by atoms with E-state index in [0.717, 1.165) is 19.5 Å². The quantitative estimate of drug-likeness (QED) is 0.581. The van der Waals surface area contributed by atoms with E-state index < -0.39 is 0 Å². The molecule has 0 rings (SSSR count). The van der Waals surface area contributed by atoms with Crippen LogP contribution in [0.4, 0.5) is 4.79 Å². The van der Waals surface area contributed by atoms with Crippen LogP contribution in [0.3, 0.4) is 0 Å². The molecule has 90 valence electrons. The normalized spacial score (nSPS) is 10.1. The molecule has 0 aromatic heterocycles. The van der Waals surface area contributed by atoms with Crippen LogP contribution in [-0.4, -0.2) is 55.5 Å². The van der Waals surface area contributed by atoms with Crippen molar-refractivity contribution in [1.82, 2.24) is 10.2 Å². The molecule has 5 nitrogen and oxygen atoms in total. The van der Waals surface area contributed by atoms with Gasteiger partial charge in [0.15, 0.2) is 0 Å². The van der Waals surface area contributed by atoms with E-state index in [0.29, 0.717) is 19.8 Å². The summed E-state index contributed by atoms with van der Waals surface area (Å²) in [5.74, 6) is 0. The highest BCUT2D eigenvalue weighted by molar-refractivity contribution is 5.73. The lowest BCUT2D eigenvalue weighted by Crippen LogP contribution is -2.40. The summed E-state index contributed by atoms with van der Waals surface area (Å²) in [7, 11) is 0. The number of carbonyl (C=O) groups is 1. The predicted molar refractivity (Wildman–Crippen MR) is 58.8 cm³/mol. The zero-order valence-corrected chi connectivity index (χ0v) is 9.66. The Morgan fingerprint density at radius 1 is 1.33 bits per heavy atom. The van der Waals surface area contributed by atoms with Crippen LogP contribution in [0.15, 0.2) is 0 Å². The van der Waals surface area contributed by atoms with Gasteiger partial charge in [-0.1, -0.05) is 0 Å². The first kappa shape index (κ1) is 14.2. The molecule has 0 aromatic rings. The number of nitrogens with one attached hydrogen (secondary N) is 1. The lowest BCUT2D eigenvalue weighted by molar-refractivity contribution is 0.0907. The van der Waals surface area contributed by atoms with Gasteiger partial charge in [0.05, 0.1) is 13.2 Å². The second-order valence-corrected chi connectivity index (χ2v) is 3.09. The predicted octanol–water partition coefficient (Wildman–Crippen LogP) is 0.437. The number of urea groups is 1. The van der Waals surface area contributed by atoms with Gasteiger partial charge in [-0.15, -0.1) is 0 Å². The molecule has 0 aliphatic heterocycles. The maximum absolute atomic E-state index is 11.4. The highest BCUT2D eigenvalue weighted by Gasteiger charge is 2.06. The summed E-state index contributed by atoms with van der Waals surface area (Å²) in [6, 6.07) is -0.0258. The maximum atomic E-state index is 11.4. The summed E-state index contributed by atoms with van der Waals surface area (Å²) in [4.78, 5) is 13.2. The van der Waals surface area contributed by atoms with E-state index in [1.807, 2.05) is 13.8 Å². The molecule has 0 saturated heterocycles. The Hall–Kier alpha value is -0.810. The Bertz CT molecular complexity index is 161. The highest BCUT2D eigenvalue weighted by atomic mass is 16.5. The number of hydrogen-bond acceptors (Lipinski definition) is 3. The molecule has 0 bridgehead atoms. The Labute approximate surface area is 91.4 Å². The van der Waals surface area contributed by atoms with E-state index in [2.05, 4.69) is 5.32 Å². The van der Waals surface area contributed by atoms with Crippen LogP contribution in [0, 0.1) is 0 Å². The van der Waals surface area contributed by atoms with Gasteiger partial charge >= 0.3 is 6.03 Å². The Balaban J connectivity index is 3.38. The fourth-order valence-electron chi connectivity index (χ4n) is 1.16. The summed E-state index contributed by atoms with van der Waals surface area (Å²) < 4.78 is 5.06. The van der Waals surface area contributed by atoms with Crippen molar-refractivity contribution in [1.29, 1.82) is 0 Å². The average Bonchev–Trinajstić information content (AvgIpc) is 2.25. The third-order valence-corrected chi connectivity index (χ3v) is 2.03. The lowest BCUT2D eigenvalue weighted by atomic mass is 10.4. The van der Waals surface area contributed by atoms with Gasteiger partial charge in [0.25, 0.3) is 0 Å². The van der Waals surface area contributed by atoms with E-state index in [-0.39, 0.29) is 12.6 Å². The van der Waals surface area contributed by atoms with Crippen molar-refractivity contribution < 1.29 is 14.6 Å². The summed E-state index contributed by atoms with van der Waals surface area (Å²) in [6.45, 7) is 6.95. The van der Waals surface area contributed by atoms with E-state index in [1.54, 1.807) is 4.90 Å². The zero-order chi connectivity index (χ0) is 11.5. The molecule has 0 fully saturated rings. The first-order chi connectivity index (χ1) is 7.26. The van der Waals surface area contributed by atoms with Crippen molar-refractivity contribution in [3.8, 4) is 0 Å². The van der Waals surface area contributed by atoms with E-state index in [1.165, 1.54) is 0 Å². The number of aliphatic hydroxyl groups excluding tert-OH is 1. The van der Waals surface area contributed by atoms with Crippen LogP contribution in [0.25, 0.3) is 0 Å². The van der Waals surface area contributed by atoms with Crippen molar-refractivity contribution in [2.24, 2.45) is 0 Å². The summed E-state index contributed by atoms with van der Waals surface area (Å²) >= 11 is 0. The zero-order valence-electron chi connectivity index (χ0n) is 9.66. The van der Waals surface area contributed by atoms with Crippen LogP contribution >= 0.6 is 0 Å². The van der Waals surface area contributed by atoms with Gasteiger partial charge in [0.2, 0.25) is 0 Å².